The SMILES string of the molecule is O=C1CCN(c2cc(=O)[nH]c(C3CC3)n2)CC1. The van der Waals surface area contributed by atoms with Crippen LogP contribution in [0.4, 0.5) is 5.82 Å². The molecule has 0 radical (unpaired) electrons. The van der Waals surface area contributed by atoms with Crippen LogP contribution in [0.1, 0.15) is 37.4 Å². The molecule has 0 aromatic carbocycles. The molecule has 5 nitrogen and oxygen atoms in total. The van der Waals surface area contributed by atoms with Crippen LogP contribution < -0.4 is 10.5 Å². The lowest BCUT2D eigenvalue weighted by molar-refractivity contribution is -0.119. The van der Waals surface area contributed by atoms with Gasteiger partial charge in [0.15, 0.2) is 0 Å². The number of Topliss-reactive ketones (excluding diaryl/α,β-unsaturated/α-hetero) is 1. The first-order valence-electron chi connectivity index (χ1n) is 6.10. The van der Waals surface area contributed by atoms with Gasteiger partial charge >= 0.3 is 0 Å². The topological polar surface area (TPSA) is 66.1 Å². The number of anilines is 1. The normalized spacial score (nSPS) is 20.7. The highest BCUT2D eigenvalue weighted by molar-refractivity contribution is 5.80. The zero-order valence-electron chi connectivity index (χ0n) is 9.61. The molecule has 0 bridgehead atoms. The minimum atomic E-state index is -0.0891. The molecule has 1 aromatic rings. The summed E-state index contributed by atoms with van der Waals surface area (Å²) in [4.78, 5) is 32.1. The molecule has 0 atom stereocenters. The Morgan fingerprint density at radius 2 is 1.94 bits per heavy atom. The van der Waals surface area contributed by atoms with Crippen molar-refractivity contribution in [1.82, 2.24) is 9.97 Å². The van der Waals surface area contributed by atoms with E-state index in [1.54, 1.807) is 0 Å². The molecular weight excluding hydrogens is 218 g/mol. The molecule has 1 saturated carbocycles. The maximum absolute atomic E-state index is 11.6. The van der Waals surface area contributed by atoms with E-state index in [4.69, 9.17) is 0 Å². The van der Waals surface area contributed by atoms with Crippen molar-refractivity contribution in [2.24, 2.45) is 0 Å². The second-order valence-electron chi connectivity index (χ2n) is 4.79. The molecule has 1 saturated heterocycles. The number of nitrogens with one attached hydrogen (secondary N) is 1. The Bertz CT molecular complexity index is 495. The summed E-state index contributed by atoms with van der Waals surface area (Å²) in [6.07, 6.45) is 3.36. The van der Waals surface area contributed by atoms with Gasteiger partial charge in [0.05, 0.1) is 0 Å². The minimum Gasteiger partial charge on any atom is -0.356 e. The first-order valence-corrected chi connectivity index (χ1v) is 6.10. The van der Waals surface area contributed by atoms with E-state index in [9.17, 15) is 9.59 Å². The fourth-order valence-corrected chi connectivity index (χ4v) is 2.16. The van der Waals surface area contributed by atoms with E-state index in [1.807, 2.05) is 4.90 Å². The van der Waals surface area contributed by atoms with E-state index in [0.717, 1.165) is 24.5 Å². The summed E-state index contributed by atoms with van der Waals surface area (Å²) in [5.41, 5.74) is -0.0891. The van der Waals surface area contributed by atoms with Crippen molar-refractivity contribution in [3.63, 3.8) is 0 Å². The highest BCUT2D eigenvalue weighted by Gasteiger charge is 2.27. The molecule has 1 aliphatic heterocycles. The molecule has 0 amide bonds. The third kappa shape index (κ3) is 2.23. The predicted octanol–water partition coefficient (Wildman–Crippen LogP) is 0.817. The lowest BCUT2D eigenvalue weighted by Gasteiger charge is -2.27. The van der Waals surface area contributed by atoms with Gasteiger partial charge in [-0.3, -0.25) is 9.59 Å². The smallest absolute Gasteiger partial charge is 0.252 e. The standard InChI is InChI=1S/C12H15N3O2/c16-9-3-5-15(6-4-9)10-7-11(17)14-12(13-10)8-1-2-8/h7-8H,1-6H2,(H,13,14,17). The molecule has 1 aliphatic carbocycles. The van der Waals surface area contributed by atoms with Gasteiger partial charge in [-0.25, -0.2) is 4.98 Å². The Hall–Kier alpha value is -1.65. The number of aromatic nitrogens is 2. The summed E-state index contributed by atoms with van der Waals surface area (Å²) in [7, 11) is 0. The third-order valence-electron chi connectivity index (χ3n) is 3.36. The summed E-state index contributed by atoms with van der Waals surface area (Å²) in [5.74, 6) is 2.27. The lowest BCUT2D eigenvalue weighted by atomic mass is 10.1. The van der Waals surface area contributed by atoms with Gasteiger partial charge in [0.2, 0.25) is 0 Å². The molecule has 2 fully saturated rings. The average Bonchev–Trinajstić information content (AvgIpc) is 3.13. The van der Waals surface area contributed by atoms with Crippen molar-refractivity contribution in [2.75, 3.05) is 18.0 Å². The Balaban J connectivity index is 1.86. The zero-order chi connectivity index (χ0) is 11.8. The number of hydrogen-bond donors (Lipinski definition) is 1. The van der Waals surface area contributed by atoms with Crippen LogP contribution in [-0.2, 0) is 4.79 Å². The monoisotopic (exact) mass is 233 g/mol. The van der Waals surface area contributed by atoms with Gasteiger partial charge in [-0.1, -0.05) is 0 Å². The molecule has 2 aliphatic rings. The van der Waals surface area contributed by atoms with Crippen molar-refractivity contribution in [3.05, 3.63) is 22.2 Å². The van der Waals surface area contributed by atoms with Crippen LogP contribution in [0.5, 0.6) is 0 Å². The van der Waals surface area contributed by atoms with Crippen LogP contribution >= 0.6 is 0 Å². The summed E-state index contributed by atoms with van der Waals surface area (Å²) in [6, 6.07) is 1.53. The van der Waals surface area contributed by atoms with E-state index in [0.29, 0.717) is 37.6 Å². The molecule has 90 valence electrons. The number of hydrogen-bond acceptors (Lipinski definition) is 4. The zero-order valence-corrected chi connectivity index (χ0v) is 9.61. The molecule has 5 heteroatoms. The van der Waals surface area contributed by atoms with Crippen LogP contribution in [0.3, 0.4) is 0 Å². The summed E-state index contributed by atoms with van der Waals surface area (Å²) >= 11 is 0. The van der Waals surface area contributed by atoms with Crippen LogP contribution in [0.25, 0.3) is 0 Å². The number of H-pyrrole nitrogens is 1. The maximum atomic E-state index is 11.6. The first kappa shape index (κ1) is 10.5. The van der Waals surface area contributed by atoms with Gasteiger partial charge in [-0.05, 0) is 12.8 Å². The van der Waals surface area contributed by atoms with Gasteiger partial charge < -0.3 is 9.88 Å². The first-order chi connectivity index (χ1) is 8.22. The van der Waals surface area contributed by atoms with Crippen LogP contribution in [-0.4, -0.2) is 28.8 Å². The van der Waals surface area contributed by atoms with Crippen molar-refractivity contribution in [1.29, 1.82) is 0 Å². The largest absolute Gasteiger partial charge is 0.356 e. The minimum absolute atomic E-state index is 0.0891. The van der Waals surface area contributed by atoms with Gasteiger partial charge in [0.1, 0.15) is 17.4 Å². The van der Waals surface area contributed by atoms with Crippen molar-refractivity contribution < 1.29 is 4.79 Å². The molecular formula is C12H15N3O2. The Morgan fingerprint density at radius 1 is 1.24 bits per heavy atom. The van der Waals surface area contributed by atoms with Crippen LogP contribution in [0.2, 0.25) is 0 Å². The number of carbonyl (C=O) groups excluding carboxylic acids is 1. The van der Waals surface area contributed by atoms with Crippen LogP contribution in [0.15, 0.2) is 10.9 Å². The lowest BCUT2D eigenvalue weighted by Crippen LogP contribution is -2.35. The number of ketones is 1. The van der Waals surface area contributed by atoms with Gasteiger partial charge in [0, 0.05) is 37.9 Å². The van der Waals surface area contributed by atoms with Crippen molar-refractivity contribution in [2.45, 2.75) is 31.6 Å². The highest BCUT2D eigenvalue weighted by atomic mass is 16.1. The van der Waals surface area contributed by atoms with E-state index >= 15 is 0 Å². The van der Waals surface area contributed by atoms with Crippen LogP contribution in [0, 0.1) is 0 Å². The summed E-state index contributed by atoms with van der Waals surface area (Å²) in [5, 5.41) is 0. The molecule has 0 spiro atoms. The number of piperidine rings is 1. The van der Waals surface area contributed by atoms with Gasteiger partial charge in [-0.15, -0.1) is 0 Å². The second-order valence-corrected chi connectivity index (χ2v) is 4.79. The molecule has 0 unspecified atom stereocenters. The maximum Gasteiger partial charge on any atom is 0.252 e. The Kier molecular flexibility index (Phi) is 2.46. The quantitative estimate of drug-likeness (QED) is 0.821. The third-order valence-corrected chi connectivity index (χ3v) is 3.36. The van der Waals surface area contributed by atoms with Gasteiger partial charge in [0.25, 0.3) is 5.56 Å². The molecule has 3 rings (SSSR count). The molecule has 17 heavy (non-hydrogen) atoms. The molecule has 1 aromatic heterocycles. The van der Waals surface area contributed by atoms with Gasteiger partial charge in [-0.2, -0.15) is 0 Å². The molecule has 2 heterocycles. The summed E-state index contributed by atoms with van der Waals surface area (Å²) in [6.45, 7) is 1.36. The Morgan fingerprint density at radius 3 is 2.59 bits per heavy atom. The van der Waals surface area contributed by atoms with E-state index in [2.05, 4.69) is 9.97 Å². The average molecular weight is 233 g/mol. The highest BCUT2D eigenvalue weighted by Crippen LogP contribution is 2.37. The fourth-order valence-electron chi connectivity index (χ4n) is 2.16. The number of rotatable bonds is 2. The Labute approximate surface area is 98.9 Å². The number of carbonyl (C=O) groups is 1. The van der Waals surface area contributed by atoms with E-state index in [1.165, 1.54) is 6.07 Å². The summed E-state index contributed by atoms with van der Waals surface area (Å²) < 4.78 is 0. The van der Waals surface area contributed by atoms with E-state index in [-0.39, 0.29) is 5.56 Å². The van der Waals surface area contributed by atoms with E-state index < -0.39 is 0 Å². The number of aromatic amines is 1. The number of nitrogens with zero attached hydrogens (tertiary/aromatic N) is 2. The predicted molar refractivity (Wildman–Crippen MR) is 63.3 cm³/mol. The second kappa shape index (κ2) is 3.98. The molecule has 1 N–H and O–H groups in total. The fraction of sp³-hybridized carbons (Fsp3) is 0.583. The van der Waals surface area contributed by atoms with Crippen molar-refractivity contribution >= 4 is 11.6 Å². The van der Waals surface area contributed by atoms with Crippen molar-refractivity contribution in [3.8, 4) is 0 Å².